The molecule has 1 N–H and O–H groups in total. The van der Waals surface area contributed by atoms with E-state index in [9.17, 15) is 10.4 Å². The van der Waals surface area contributed by atoms with Gasteiger partial charge in [0.05, 0.1) is 11.6 Å². The fourth-order valence-electron chi connectivity index (χ4n) is 4.42. The monoisotopic (exact) mass is 358 g/mol. The van der Waals surface area contributed by atoms with Crippen LogP contribution in [-0.2, 0) is 0 Å². The van der Waals surface area contributed by atoms with Gasteiger partial charge in [0.2, 0.25) is 0 Å². The molecule has 1 aliphatic carbocycles. The van der Waals surface area contributed by atoms with E-state index in [2.05, 4.69) is 56.5 Å². The summed E-state index contributed by atoms with van der Waals surface area (Å²) in [6, 6.07) is 14.7. The van der Waals surface area contributed by atoms with E-state index in [-0.39, 0.29) is 5.92 Å². The van der Waals surface area contributed by atoms with Gasteiger partial charge in [-0.25, -0.2) is 0 Å². The normalized spacial score (nSPS) is 19.3. The summed E-state index contributed by atoms with van der Waals surface area (Å²) in [5, 5.41) is 20.5. The van der Waals surface area contributed by atoms with E-state index in [1.165, 1.54) is 28.1 Å². The number of aromatic hydroxyl groups is 1. The molecule has 0 radical (unpaired) electrons. The van der Waals surface area contributed by atoms with E-state index in [1.54, 1.807) is 6.07 Å². The van der Waals surface area contributed by atoms with Crippen molar-refractivity contribution in [1.29, 1.82) is 5.26 Å². The zero-order chi connectivity index (χ0) is 19.3. The number of nitriles is 1. The number of phenols is 1. The molecule has 3 aromatic rings. The van der Waals surface area contributed by atoms with Crippen molar-refractivity contribution < 1.29 is 5.11 Å². The second-order valence-corrected chi connectivity index (χ2v) is 8.25. The minimum Gasteiger partial charge on any atom is -0.508 e. The quantitative estimate of drug-likeness (QED) is 0.615. The van der Waals surface area contributed by atoms with Gasteiger partial charge in [-0.05, 0) is 85.5 Å². The highest BCUT2D eigenvalue weighted by Gasteiger charge is 2.35. The highest BCUT2D eigenvalue weighted by molar-refractivity contribution is 5.89. The highest BCUT2D eigenvalue weighted by Crippen LogP contribution is 2.48. The van der Waals surface area contributed by atoms with Gasteiger partial charge >= 0.3 is 0 Å². The van der Waals surface area contributed by atoms with E-state index >= 15 is 0 Å². The Hall–Kier alpha value is -2.73. The Labute approximate surface area is 160 Å². The van der Waals surface area contributed by atoms with Crippen LogP contribution in [0.25, 0.3) is 16.6 Å². The van der Waals surface area contributed by atoms with Crippen molar-refractivity contribution in [1.82, 2.24) is 4.57 Å². The molecular formula is C24H26N2O. The maximum absolute atomic E-state index is 10.2. The second kappa shape index (κ2) is 6.46. The van der Waals surface area contributed by atoms with E-state index in [0.29, 0.717) is 17.6 Å². The summed E-state index contributed by atoms with van der Waals surface area (Å²) in [5.41, 5.74) is 7.49. The molecule has 3 nitrogen and oxygen atoms in total. The van der Waals surface area contributed by atoms with Crippen molar-refractivity contribution in [2.45, 2.75) is 52.4 Å². The lowest BCUT2D eigenvalue weighted by Gasteiger charge is -2.32. The molecule has 27 heavy (non-hydrogen) atoms. The van der Waals surface area contributed by atoms with Gasteiger partial charge in [0.15, 0.2) is 0 Å². The van der Waals surface area contributed by atoms with E-state index in [0.717, 1.165) is 23.7 Å². The Morgan fingerprint density at radius 2 is 1.81 bits per heavy atom. The van der Waals surface area contributed by atoms with Crippen LogP contribution in [0.5, 0.6) is 5.75 Å². The van der Waals surface area contributed by atoms with Gasteiger partial charge in [-0.3, -0.25) is 0 Å². The molecule has 0 unspecified atom stereocenters. The van der Waals surface area contributed by atoms with Gasteiger partial charge in [0, 0.05) is 22.7 Å². The Bertz CT molecular complexity index is 1060. The molecule has 0 saturated heterocycles. The first-order valence-corrected chi connectivity index (χ1v) is 9.75. The maximum Gasteiger partial charge on any atom is 0.116 e. The van der Waals surface area contributed by atoms with Crippen LogP contribution in [0, 0.1) is 31.1 Å². The second-order valence-electron chi connectivity index (χ2n) is 8.25. The Morgan fingerprint density at radius 3 is 2.44 bits per heavy atom. The molecule has 2 aromatic carbocycles. The van der Waals surface area contributed by atoms with Gasteiger partial charge in [0.1, 0.15) is 5.75 Å². The molecule has 1 fully saturated rings. The third-order valence-electron chi connectivity index (χ3n) is 6.05. The number of hydrogen-bond acceptors (Lipinski definition) is 2. The molecule has 1 saturated carbocycles. The molecule has 138 valence electrons. The summed E-state index contributed by atoms with van der Waals surface area (Å²) in [7, 11) is 0. The topological polar surface area (TPSA) is 49.0 Å². The Balaban J connectivity index is 2.02. The third kappa shape index (κ3) is 2.80. The average Bonchev–Trinajstić information content (AvgIpc) is 2.91. The maximum atomic E-state index is 10.2. The number of fused-ring (bicyclic) bond motifs is 1. The predicted octanol–water partition coefficient (Wildman–Crippen LogP) is 6.09. The van der Waals surface area contributed by atoms with Crippen molar-refractivity contribution >= 4 is 10.9 Å². The fraction of sp³-hybridized carbons (Fsp3) is 0.375. The average molecular weight is 358 g/mol. The van der Waals surface area contributed by atoms with Crippen molar-refractivity contribution in [3.8, 4) is 17.5 Å². The molecule has 0 bridgehead atoms. The zero-order valence-electron chi connectivity index (χ0n) is 16.5. The molecule has 4 rings (SSSR count). The first kappa shape index (κ1) is 17.7. The summed E-state index contributed by atoms with van der Waals surface area (Å²) < 4.78 is 2.36. The molecular weight excluding hydrogens is 332 g/mol. The Kier molecular flexibility index (Phi) is 4.23. The number of rotatable bonds is 3. The number of hydrogen-bond donors (Lipinski definition) is 1. The molecule has 1 heterocycles. The molecule has 3 heteroatoms. The van der Waals surface area contributed by atoms with Crippen LogP contribution >= 0.6 is 0 Å². The van der Waals surface area contributed by atoms with Crippen LogP contribution in [0.1, 0.15) is 60.9 Å². The molecule has 0 amide bonds. The summed E-state index contributed by atoms with van der Waals surface area (Å²) >= 11 is 0. The molecule has 0 aliphatic heterocycles. The predicted molar refractivity (Wildman–Crippen MR) is 110 cm³/mol. The zero-order valence-corrected chi connectivity index (χ0v) is 16.5. The lowest BCUT2D eigenvalue weighted by molar-refractivity contribution is 0.330. The van der Waals surface area contributed by atoms with Gasteiger partial charge in [0.25, 0.3) is 0 Å². The van der Waals surface area contributed by atoms with Crippen LogP contribution < -0.4 is 0 Å². The minimum atomic E-state index is 0.160. The number of aryl methyl sites for hydroxylation is 2. The summed E-state index contributed by atoms with van der Waals surface area (Å²) in [5.74, 6) is 1.20. The minimum absolute atomic E-state index is 0.160. The van der Waals surface area contributed by atoms with Crippen molar-refractivity contribution in [2.75, 3.05) is 0 Å². The van der Waals surface area contributed by atoms with Crippen molar-refractivity contribution in [3.05, 3.63) is 58.8 Å². The third-order valence-corrected chi connectivity index (χ3v) is 6.05. The van der Waals surface area contributed by atoms with E-state index in [4.69, 9.17) is 0 Å². The number of aromatic nitrogens is 1. The van der Waals surface area contributed by atoms with Gasteiger partial charge in [-0.2, -0.15) is 5.26 Å². The first-order valence-electron chi connectivity index (χ1n) is 9.75. The van der Waals surface area contributed by atoms with Gasteiger partial charge < -0.3 is 9.67 Å². The molecule has 1 aliphatic rings. The SMILES string of the molecule is Cc1ccc(-n2c(C(C)C)c(C3CC(C#N)C3)c3cc(O)ccc32)cc1C. The summed E-state index contributed by atoms with van der Waals surface area (Å²) in [6.07, 6.45) is 1.83. The van der Waals surface area contributed by atoms with Crippen LogP contribution in [-0.4, -0.2) is 9.67 Å². The van der Waals surface area contributed by atoms with Crippen LogP contribution in [0.3, 0.4) is 0 Å². The van der Waals surface area contributed by atoms with Crippen molar-refractivity contribution in [3.63, 3.8) is 0 Å². The summed E-state index contributed by atoms with van der Waals surface area (Å²) in [6.45, 7) is 8.75. The lowest BCUT2D eigenvalue weighted by atomic mass is 9.70. The van der Waals surface area contributed by atoms with Crippen molar-refractivity contribution in [2.24, 2.45) is 5.92 Å². The fourth-order valence-corrected chi connectivity index (χ4v) is 4.42. The van der Waals surface area contributed by atoms with Crippen LogP contribution in [0.15, 0.2) is 36.4 Å². The number of nitrogens with zero attached hydrogens (tertiary/aromatic N) is 2. The highest BCUT2D eigenvalue weighted by atomic mass is 16.3. The smallest absolute Gasteiger partial charge is 0.116 e. The van der Waals surface area contributed by atoms with Crippen LogP contribution in [0.4, 0.5) is 0 Å². The van der Waals surface area contributed by atoms with Crippen LogP contribution in [0.2, 0.25) is 0 Å². The molecule has 0 atom stereocenters. The number of benzene rings is 2. The van der Waals surface area contributed by atoms with E-state index in [1.807, 2.05) is 12.1 Å². The molecule has 1 aromatic heterocycles. The van der Waals surface area contributed by atoms with Gasteiger partial charge in [-0.15, -0.1) is 0 Å². The van der Waals surface area contributed by atoms with Gasteiger partial charge in [-0.1, -0.05) is 19.9 Å². The largest absolute Gasteiger partial charge is 0.508 e. The Morgan fingerprint density at radius 1 is 1.07 bits per heavy atom. The molecule has 0 spiro atoms. The first-order chi connectivity index (χ1) is 12.9. The standard InChI is InChI=1S/C24H26N2O/c1-14(2)24-23(18-10-17(11-18)13-25)21-12-20(27)7-8-22(21)26(24)19-6-5-15(3)16(4)9-19/h5-9,12,14,17-18,27H,10-11H2,1-4H3. The van der Waals surface area contributed by atoms with E-state index < -0.39 is 0 Å². The summed E-state index contributed by atoms with van der Waals surface area (Å²) in [4.78, 5) is 0. The lowest BCUT2D eigenvalue weighted by Crippen LogP contribution is -2.21. The number of phenolic OH excluding ortho intramolecular Hbond substituents is 1.